The third kappa shape index (κ3) is 5.56. The highest BCUT2D eigenvalue weighted by molar-refractivity contribution is 6.13. The Balaban J connectivity index is 1.20. The second kappa shape index (κ2) is 12.2. The monoisotopic (exact) mass is 608 g/mol. The maximum Gasteiger partial charge on any atom is 0.214 e. The molecule has 0 amide bonds. The fraction of sp³-hybridized carbons (Fsp3) is 0.265. The Kier molecular flexibility index (Phi) is 7.78. The fourth-order valence-corrected chi connectivity index (χ4v) is 5.95. The average Bonchev–Trinajstić information content (AvgIpc) is 3.70. The van der Waals surface area contributed by atoms with Gasteiger partial charge in [0.25, 0.3) is 0 Å². The first kappa shape index (κ1) is 28.8. The van der Waals surface area contributed by atoms with Gasteiger partial charge in [0, 0.05) is 37.1 Å². The fourth-order valence-electron chi connectivity index (χ4n) is 5.95. The van der Waals surface area contributed by atoms with E-state index >= 15 is 0 Å². The molecule has 11 heteroatoms. The first-order valence-corrected chi connectivity index (χ1v) is 14.9. The van der Waals surface area contributed by atoms with Gasteiger partial charge in [-0.25, -0.2) is 14.1 Å². The lowest BCUT2D eigenvalue weighted by atomic mass is 10.1. The molecule has 2 aliphatic heterocycles. The number of ketones is 1. The van der Waals surface area contributed by atoms with Gasteiger partial charge in [-0.3, -0.25) is 4.79 Å². The van der Waals surface area contributed by atoms with Gasteiger partial charge in [-0.2, -0.15) is 5.10 Å². The number of aromatic nitrogens is 3. The molecule has 2 saturated heterocycles. The van der Waals surface area contributed by atoms with Gasteiger partial charge in [0.15, 0.2) is 17.4 Å². The molecule has 0 atom stereocenters. The molecule has 0 aliphatic carbocycles. The van der Waals surface area contributed by atoms with Crippen molar-refractivity contribution >= 4 is 40.6 Å². The van der Waals surface area contributed by atoms with Crippen LogP contribution in [-0.2, 0) is 9.47 Å². The van der Waals surface area contributed by atoms with E-state index < -0.39 is 5.82 Å². The number of carbonyl (C=O) groups excluding carboxylic acids is 1. The minimum atomic E-state index is -0.445. The van der Waals surface area contributed by atoms with Gasteiger partial charge >= 0.3 is 0 Å². The zero-order valence-corrected chi connectivity index (χ0v) is 25.0. The van der Waals surface area contributed by atoms with E-state index in [2.05, 4.69) is 43.7 Å². The Morgan fingerprint density at radius 1 is 0.933 bits per heavy atom. The summed E-state index contributed by atoms with van der Waals surface area (Å²) in [6.07, 6.45) is 1.51. The maximum atomic E-state index is 14.1. The van der Waals surface area contributed by atoms with Crippen molar-refractivity contribution in [1.82, 2.24) is 14.8 Å². The Morgan fingerprint density at radius 2 is 1.62 bits per heavy atom. The number of nitrogens with zero attached hydrogens (tertiary/aromatic N) is 5. The number of anilines is 2. The second-order valence-electron chi connectivity index (χ2n) is 11.1. The summed E-state index contributed by atoms with van der Waals surface area (Å²) < 4.78 is 32.6. The number of rotatable bonds is 8. The molecule has 0 unspecified atom stereocenters. The first-order chi connectivity index (χ1) is 22.0. The highest BCUT2D eigenvalue weighted by Crippen LogP contribution is 2.37. The molecule has 3 aromatic carbocycles. The highest BCUT2D eigenvalue weighted by Gasteiger charge is 2.25. The van der Waals surface area contributed by atoms with E-state index in [1.54, 1.807) is 41.1 Å². The molecule has 0 spiro atoms. The third-order valence-corrected chi connectivity index (χ3v) is 8.26. The Bertz CT molecular complexity index is 1830. The average molecular weight is 609 g/mol. The summed E-state index contributed by atoms with van der Waals surface area (Å²) >= 11 is 0. The van der Waals surface area contributed by atoms with Crippen molar-refractivity contribution in [3.8, 4) is 17.2 Å². The standard InChI is InChI=1S/C34H33FN6O4/c1-22-17-24(45-32-6-4-3-5-26(32)35)7-8-29(22)41-34(36-2)25(21-37-41)33(42)28-18-23-19-30(39-9-13-43-14-10-39)31(20-27(23)38-28)40-11-15-44-16-12-40/h3-8,17-21,38H,2,9-16H2,1H3. The van der Waals surface area contributed by atoms with Crippen LogP contribution in [0.25, 0.3) is 16.6 Å². The van der Waals surface area contributed by atoms with Gasteiger partial charge in [-0.05, 0) is 67.7 Å². The third-order valence-electron chi connectivity index (χ3n) is 8.26. The van der Waals surface area contributed by atoms with Crippen LogP contribution in [-0.4, -0.2) is 79.9 Å². The number of fused-ring (bicyclic) bond motifs is 1. The molecule has 4 heterocycles. The summed E-state index contributed by atoms with van der Waals surface area (Å²) in [5.41, 5.74) is 5.37. The number of ether oxygens (including phenoxy) is 3. The lowest BCUT2D eigenvalue weighted by molar-refractivity contribution is 0.103. The summed E-state index contributed by atoms with van der Waals surface area (Å²) in [6.45, 7) is 11.6. The van der Waals surface area contributed by atoms with E-state index in [4.69, 9.17) is 14.2 Å². The van der Waals surface area contributed by atoms with Gasteiger partial charge in [-0.15, -0.1) is 0 Å². The number of aryl methyl sites for hydroxylation is 1. The smallest absolute Gasteiger partial charge is 0.214 e. The molecule has 5 aromatic rings. The van der Waals surface area contributed by atoms with Crippen LogP contribution in [0.4, 0.5) is 21.6 Å². The van der Waals surface area contributed by atoms with Crippen molar-refractivity contribution in [2.24, 2.45) is 4.99 Å². The lowest BCUT2D eigenvalue weighted by Crippen LogP contribution is -2.40. The van der Waals surface area contributed by atoms with Gasteiger partial charge in [-0.1, -0.05) is 12.1 Å². The molecule has 45 heavy (non-hydrogen) atoms. The van der Waals surface area contributed by atoms with Crippen molar-refractivity contribution in [2.45, 2.75) is 6.92 Å². The predicted octanol–water partition coefficient (Wildman–Crippen LogP) is 5.83. The number of H-pyrrole nitrogens is 1. The van der Waals surface area contributed by atoms with Crippen LogP contribution >= 0.6 is 0 Å². The zero-order valence-electron chi connectivity index (χ0n) is 25.0. The normalized spacial score (nSPS) is 15.4. The summed E-state index contributed by atoms with van der Waals surface area (Å²) in [7, 11) is 0. The highest BCUT2D eigenvalue weighted by atomic mass is 19.1. The van der Waals surface area contributed by atoms with E-state index in [0.29, 0.717) is 54.9 Å². The molecule has 0 bridgehead atoms. The SMILES string of the molecule is C=Nc1c(C(=O)c2cc3cc(N4CCOCC4)c(N4CCOCC4)cc3[nH]2)cnn1-c1ccc(Oc2ccccc2F)cc1C. The Labute approximate surface area is 259 Å². The minimum Gasteiger partial charge on any atom is -0.454 e. The largest absolute Gasteiger partial charge is 0.454 e. The number of hydrogen-bond acceptors (Lipinski definition) is 8. The van der Waals surface area contributed by atoms with Crippen LogP contribution in [0.3, 0.4) is 0 Å². The van der Waals surface area contributed by atoms with Crippen LogP contribution in [0.15, 0.2) is 71.9 Å². The number of nitrogens with one attached hydrogen (secondary N) is 1. The quantitative estimate of drug-likeness (QED) is 0.175. The first-order valence-electron chi connectivity index (χ1n) is 14.9. The van der Waals surface area contributed by atoms with Gasteiger partial charge in [0.05, 0.1) is 60.9 Å². The molecule has 2 aromatic heterocycles. The van der Waals surface area contributed by atoms with E-state index in [1.165, 1.54) is 12.3 Å². The second-order valence-corrected chi connectivity index (χ2v) is 11.1. The van der Waals surface area contributed by atoms with Crippen LogP contribution in [0.5, 0.6) is 11.5 Å². The Morgan fingerprint density at radius 3 is 2.29 bits per heavy atom. The van der Waals surface area contributed by atoms with Crippen molar-refractivity contribution < 1.29 is 23.4 Å². The van der Waals surface area contributed by atoms with Crippen LogP contribution in [0.1, 0.15) is 21.6 Å². The number of halogens is 1. The lowest BCUT2D eigenvalue weighted by Gasteiger charge is -2.36. The zero-order chi connectivity index (χ0) is 30.9. The minimum absolute atomic E-state index is 0.137. The van der Waals surface area contributed by atoms with Crippen LogP contribution in [0, 0.1) is 12.7 Å². The molecular weight excluding hydrogens is 575 g/mol. The summed E-state index contributed by atoms with van der Waals surface area (Å²) in [6, 6.07) is 17.7. The molecule has 1 N–H and O–H groups in total. The van der Waals surface area contributed by atoms with E-state index in [1.807, 2.05) is 13.0 Å². The summed E-state index contributed by atoms with van der Waals surface area (Å²) in [4.78, 5) is 26.1. The van der Waals surface area contributed by atoms with Crippen molar-refractivity contribution in [1.29, 1.82) is 0 Å². The number of morpholine rings is 2. The van der Waals surface area contributed by atoms with Crippen molar-refractivity contribution in [3.05, 3.63) is 89.5 Å². The van der Waals surface area contributed by atoms with Gasteiger partial charge in [0.2, 0.25) is 5.78 Å². The number of hydrogen-bond donors (Lipinski definition) is 1. The molecule has 0 saturated carbocycles. The Hall–Kier alpha value is -5.00. The van der Waals surface area contributed by atoms with Crippen molar-refractivity contribution in [2.75, 3.05) is 62.4 Å². The van der Waals surface area contributed by atoms with Crippen LogP contribution in [0.2, 0.25) is 0 Å². The topological polar surface area (TPSA) is 97.2 Å². The van der Waals surface area contributed by atoms with E-state index in [9.17, 15) is 9.18 Å². The number of benzene rings is 3. The number of aromatic amines is 1. The molecular formula is C34H33FN6O4. The van der Waals surface area contributed by atoms with Crippen molar-refractivity contribution in [3.63, 3.8) is 0 Å². The molecule has 2 fully saturated rings. The number of carbonyl (C=O) groups is 1. The summed E-state index contributed by atoms with van der Waals surface area (Å²) in [5.74, 6) is 0.256. The maximum absolute atomic E-state index is 14.1. The molecule has 7 rings (SSSR count). The number of aliphatic imine (C=N–C) groups is 1. The molecule has 10 nitrogen and oxygen atoms in total. The van der Waals surface area contributed by atoms with E-state index in [-0.39, 0.29) is 11.5 Å². The number of para-hydroxylation sites is 1. The van der Waals surface area contributed by atoms with Crippen LogP contribution < -0.4 is 14.5 Å². The summed E-state index contributed by atoms with van der Waals surface area (Å²) in [5, 5.41) is 5.45. The molecule has 0 radical (unpaired) electrons. The van der Waals surface area contributed by atoms with Gasteiger partial charge in [0.1, 0.15) is 5.75 Å². The van der Waals surface area contributed by atoms with Gasteiger partial charge < -0.3 is 29.0 Å². The van der Waals surface area contributed by atoms with E-state index in [0.717, 1.165) is 54.0 Å². The molecule has 2 aliphatic rings. The predicted molar refractivity (Wildman–Crippen MR) is 172 cm³/mol. The molecule has 230 valence electrons.